The van der Waals surface area contributed by atoms with Crippen LogP contribution in [-0.2, 0) is 22.8 Å². The van der Waals surface area contributed by atoms with E-state index in [4.69, 9.17) is 0 Å². The van der Waals surface area contributed by atoms with Crippen LogP contribution in [-0.4, -0.2) is 29.6 Å². The van der Waals surface area contributed by atoms with Gasteiger partial charge in [0.05, 0.1) is 5.56 Å². The maximum absolute atomic E-state index is 13.7. The van der Waals surface area contributed by atoms with Gasteiger partial charge in [-0.15, -0.1) is 0 Å². The number of aromatic carboxylic acids is 1. The molecule has 0 unspecified atom stereocenters. The minimum Gasteiger partial charge on any atom is -0.478 e. The van der Waals surface area contributed by atoms with Crippen molar-refractivity contribution in [1.29, 1.82) is 0 Å². The van der Waals surface area contributed by atoms with Crippen LogP contribution >= 0.6 is 0 Å². The van der Waals surface area contributed by atoms with E-state index < -0.39 is 50.0 Å². The normalized spacial score (nSPS) is 13.3. The average Bonchev–Trinajstić information content (AvgIpc) is 2.76. The highest BCUT2D eigenvalue weighted by Gasteiger charge is 2.50. The Morgan fingerprint density at radius 2 is 1.72 bits per heavy atom. The molecular weight excluding hydrogens is 432 g/mol. The number of hydrogen-bond donors (Lipinski definition) is 1. The topological polar surface area (TPSA) is 85.6 Å². The predicted molar refractivity (Wildman–Crippen MR) is 89.1 cm³/mol. The van der Waals surface area contributed by atoms with Gasteiger partial charge in [-0.1, -0.05) is 13.8 Å². The third kappa shape index (κ3) is 4.14. The maximum Gasteiger partial charge on any atom is 0.534 e. The lowest BCUT2D eigenvalue weighted by Crippen LogP contribution is -2.29. The Morgan fingerprint density at radius 3 is 2.14 bits per heavy atom. The molecule has 0 aliphatic rings. The average molecular weight is 447 g/mol. The van der Waals surface area contributed by atoms with Crippen molar-refractivity contribution in [3.05, 3.63) is 29.0 Å². The monoisotopic (exact) mass is 447 g/mol. The van der Waals surface area contributed by atoms with Crippen LogP contribution < -0.4 is 4.18 Å². The van der Waals surface area contributed by atoms with Crippen LogP contribution in [0.4, 0.5) is 26.3 Å². The van der Waals surface area contributed by atoms with Crippen LogP contribution in [0.15, 0.2) is 12.1 Å². The number of carboxylic acids is 1. The zero-order chi connectivity index (χ0) is 22.5. The van der Waals surface area contributed by atoms with E-state index in [9.17, 15) is 44.7 Å². The second-order valence-electron chi connectivity index (χ2n) is 6.58. The van der Waals surface area contributed by atoms with Gasteiger partial charge in [-0.25, -0.2) is 4.79 Å². The first-order valence-corrected chi connectivity index (χ1v) is 9.37. The minimum atomic E-state index is -6.41. The van der Waals surface area contributed by atoms with Gasteiger partial charge < -0.3 is 13.9 Å². The molecule has 0 saturated heterocycles. The zero-order valence-corrected chi connectivity index (χ0v) is 16.0. The Morgan fingerprint density at radius 1 is 1.17 bits per heavy atom. The summed E-state index contributed by atoms with van der Waals surface area (Å²) in [6.07, 6.45) is -5.41. The van der Waals surface area contributed by atoms with Crippen molar-refractivity contribution in [3.63, 3.8) is 0 Å². The van der Waals surface area contributed by atoms with E-state index in [0.717, 1.165) is 6.07 Å². The fourth-order valence-corrected chi connectivity index (χ4v) is 3.40. The van der Waals surface area contributed by atoms with Crippen LogP contribution in [0.2, 0.25) is 0 Å². The summed E-state index contributed by atoms with van der Waals surface area (Å²) in [5.74, 6) is -3.52. The largest absolute Gasteiger partial charge is 0.534 e. The Labute approximate surface area is 160 Å². The molecule has 29 heavy (non-hydrogen) atoms. The predicted octanol–water partition coefficient (Wildman–Crippen LogP) is 4.55. The van der Waals surface area contributed by atoms with Gasteiger partial charge in [-0.05, 0) is 25.0 Å². The molecule has 0 saturated carbocycles. The molecule has 1 heterocycles. The summed E-state index contributed by atoms with van der Waals surface area (Å²) in [6.45, 7) is 4.82. The molecule has 0 aliphatic heterocycles. The first-order chi connectivity index (χ1) is 13.0. The molecule has 2 aromatic rings. The third-order valence-corrected chi connectivity index (χ3v) is 4.95. The summed E-state index contributed by atoms with van der Waals surface area (Å²) in [7, 11) is -6.41. The molecule has 0 radical (unpaired) electrons. The smallest absolute Gasteiger partial charge is 0.478 e. The summed E-state index contributed by atoms with van der Waals surface area (Å²) >= 11 is 0. The summed E-state index contributed by atoms with van der Waals surface area (Å²) < 4.78 is 106. The van der Waals surface area contributed by atoms with Gasteiger partial charge in [0, 0.05) is 23.1 Å². The molecule has 0 aliphatic carbocycles. The lowest BCUT2D eigenvalue weighted by atomic mass is 10.0. The Hall–Kier alpha value is -2.44. The molecule has 1 aromatic heterocycles. The minimum absolute atomic E-state index is 0.0671. The van der Waals surface area contributed by atoms with Crippen molar-refractivity contribution in [3.8, 4) is 5.75 Å². The standard InChI is InChI=1S/C16H15F6NO5S/c1-7(2)6-23-8(3)11(14(24)25)12-9(23)4-5-10(13(12)15(17,18)19)28-29(26,27)16(20,21)22/h4-5,7H,6H2,1-3H3,(H,24,25). The highest BCUT2D eigenvalue weighted by atomic mass is 32.2. The lowest BCUT2D eigenvalue weighted by molar-refractivity contribution is -0.137. The number of nitrogens with zero attached hydrogens (tertiary/aromatic N) is 1. The number of rotatable bonds is 5. The van der Waals surface area contributed by atoms with Crippen molar-refractivity contribution >= 4 is 27.0 Å². The summed E-state index contributed by atoms with van der Waals surface area (Å²) in [4.78, 5) is 11.7. The van der Waals surface area contributed by atoms with Gasteiger partial charge in [0.25, 0.3) is 0 Å². The van der Waals surface area contributed by atoms with Crippen molar-refractivity contribution in [2.45, 2.75) is 39.0 Å². The molecular formula is C16H15F6NO5S. The molecule has 0 amide bonds. The summed E-state index contributed by atoms with van der Waals surface area (Å²) in [6, 6.07) is 1.32. The van der Waals surface area contributed by atoms with E-state index in [0.29, 0.717) is 6.07 Å². The number of hydrogen-bond acceptors (Lipinski definition) is 4. The van der Waals surface area contributed by atoms with Crippen LogP contribution in [0.5, 0.6) is 5.75 Å². The highest BCUT2D eigenvalue weighted by Crippen LogP contribution is 2.45. The van der Waals surface area contributed by atoms with Gasteiger partial charge >= 0.3 is 27.8 Å². The summed E-state index contributed by atoms with van der Waals surface area (Å²) in [5.41, 5.74) is -8.98. The molecule has 2 rings (SSSR count). The van der Waals surface area contributed by atoms with Crippen LogP contribution in [0.25, 0.3) is 10.9 Å². The van der Waals surface area contributed by atoms with E-state index in [1.54, 1.807) is 13.8 Å². The van der Waals surface area contributed by atoms with E-state index in [1.807, 2.05) is 0 Å². The quantitative estimate of drug-likeness (QED) is 0.413. The van der Waals surface area contributed by atoms with Crippen LogP contribution in [0.3, 0.4) is 0 Å². The van der Waals surface area contributed by atoms with Gasteiger partial charge in [0.1, 0.15) is 5.56 Å². The molecule has 0 atom stereocenters. The summed E-state index contributed by atoms with van der Waals surface area (Å²) in [5, 5.41) is 8.49. The zero-order valence-electron chi connectivity index (χ0n) is 15.1. The van der Waals surface area contributed by atoms with Gasteiger partial charge in [0.15, 0.2) is 5.75 Å². The van der Waals surface area contributed by atoms with Gasteiger partial charge in [-0.2, -0.15) is 34.8 Å². The van der Waals surface area contributed by atoms with E-state index in [-0.39, 0.29) is 23.7 Å². The molecule has 1 aromatic carbocycles. The van der Waals surface area contributed by atoms with E-state index in [2.05, 4.69) is 4.18 Å². The molecule has 162 valence electrons. The molecule has 6 nitrogen and oxygen atoms in total. The lowest BCUT2D eigenvalue weighted by Gasteiger charge is -2.17. The second kappa shape index (κ2) is 7.11. The number of carbonyl (C=O) groups is 1. The van der Waals surface area contributed by atoms with Crippen molar-refractivity contribution in [2.24, 2.45) is 5.92 Å². The SMILES string of the molecule is Cc1c(C(=O)O)c2c(C(F)(F)F)c(OS(=O)(=O)C(F)(F)F)ccc2n1CC(C)C. The number of halogens is 6. The number of fused-ring (bicyclic) bond motifs is 1. The van der Waals surface area contributed by atoms with Crippen molar-refractivity contribution in [1.82, 2.24) is 4.57 Å². The highest BCUT2D eigenvalue weighted by molar-refractivity contribution is 7.88. The van der Waals surface area contributed by atoms with Crippen molar-refractivity contribution < 1.29 is 48.8 Å². The van der Waals surface area contributed by atoms with Crippen LogP contribution in [0.1, 0.15) is 35.5 Å². The Balaban J connectivity index is 2.97. The van der Waals surface area contributed by atoms with Crippen LogP contribution in [0, 0.1) is 12.8 Å². The maximum atomic E-state index is 13.7. The molecule has 0 fully saturated rings. The van der Waals surface area contributed by atoms with Crippen molar-refractivity contribution in [2.75, 3.05) is 0 Å². The first-order valence-electron chi connectivity index (χ1n) is 7.96. The second-order valence-corrected chi connectivity index (χ2v) is 8.12. The number of carboxylic acid groups (broad SMARTS) is 1. The number of alkyl halides is 6. The molecule has 13 heteroatoms. The number of aromatic nitrogens is 1. The van der Waals surface area contributed by atoms with Gasteiger partial charge in [0.2, 0.25) is 0 Å². The van der Waals surface area contributed by atoms with Gasteiger partial charge in [-0.3, -0.25) is 0 Å². The molecule has 0 spiro atoms. The van der Waals surface area contributed by atoms with E-state index >= 15 is 0 Å². The Kier molecular flexibility index (Phi) is 5.60. The molecule has 0 bridgehead atoms. The number of benzene rings is 1. The first kappa shape index (κ1) is 22.8. The fraction of sp³-hybridized carbons (Fsp3) is 0.438. The molecule has 1 N–H and O–H groups in total. The Bertz CT molecular complexity index is 1070. The third-order valence-electron chi connectivity index (χ3n) is 3.98. The fourth-order valence-electron chi connectivity index (χ4n) is 2.93. The van der Waals surface area contributed by atoms with E-state index in [1.165, 1.54) is 11.5 Å².